The molecule has 0 aromatic rings. The van der Waals surface area contributed by atoms with Crippen molar-refractivity contribution < 1.29 is 19.8 Å². The molecule has 14 heavy (non-hydrogen) atoms. The molecule has 0 aliphatic rings. The summed E-state index contributed by atoms with van der Waals surface area (Å²) in [5.74, 6) is -1.75. The third kappa shape index (κ3) is 8.52. The molecule has 0 atom stereocenters. The van der Waals surface area contributed by atoms with Gasteiger partial charge in [-0.2, -0.15) is 0 Å². The third-order valence-corrected chi connectivity index (χ3v) is 1.50. The molecule has 0 aromatic carbocycles. The van der Waals surface area contributed by atoms with Crippen LogP contribution >= 0.6 is 0 Å². The van der Waals surface area contributed by atoms with E-state index >= 15 is 0 Å². The summed E-state index contributed by atoms with van der Waals surface area (Å²) in [6.07, 6.45) is 2.08. The molecule has 0 saturated heterocycles. The molecular formula is C10H16O4. The monoisotopic (exact) mass is 200 g/mol. The standard InChI is InChI=1S/2C5H8O2/c2*1-3-4(2)5(6)7/h3H,1-2H3,(H,6,7);2-3H2,1H3,(H,6,7). The van der Waals surface area contributed by atoms with Crippen molar-refractivity contribution in [1.82, 2.24) is 0 Å². The molecule has 0 saturated carbocycles. The Morgan fingerprint density at radius 1 is 1.29 bits per heavy atom. The van der Waals surface area contributed by atoms with Gasteiger partial charge in [0.05, 0.1) is 0 Å². The first-order valence-electron chi connectivity index (χ1n) is 4.14. The van der Waals surface area contributed by atoms with Crippen molar-refractivity contribution in [2.75, 3.05) is 0 Å². The fourth-order valence-corrected chi connectivity index (χ4v) is 0.275. The molecule has 0 rings (SSSR count). The first-order valence-corrected chi connectivity index (χ1v) is 4.14. The zero-order valence-corrected chi connectivity index (χ0v) is 8.70. The maximum Gasteiger partial charge on any atom is 0.330 e. The van der Waals surface area contributed by atoms with E-state index in [4.69, 9.17) is 10.2 Å². The van der Waals surface area contributed by atoms with Crippen molar-refractivity contribution >= 4 is 11.9 Å². The van der Waals surface area contributed by atoms with E-state index in [0.717, 1.165) is 0 Å². The number of allylic oxidation sites excluding steroid dienone is 1. The lowest BCUT2D eigenvalue weighted by Gasteiger charge is -1.87. The van der Waals surface area contributed by atoms with E-state index in [1.54, 1.807) is 26.8 Å². The number of hydrogen-bond acceptors (Lipinski definition) is 2. The third-order valence-electron chi connectivity index (χ3n) is 1.50. The zero-order chi connectivity index (χ0) is 11.7. The molecule has 0 fully saturated rings. The van der Waals surface area contributed by atoms with Gasteiger partial charge in [-0.3, -0.25) is 0 Å². The zero-order valence-electron chi connectivity index (χ0n) is 8.70. The fraction of sp³-hybridized carbons (Fsp3) is 0.400. The number of aliphatic carboxylic acids is 2. The lowest BCUT2D eigenvalue weighted by molar-refractivity contribution is -0.133. The Kier molecular flexibility index (Phi) is 8.57. The molecule has 0 radical (unpaired) electrons. The molecule has 0 aliphatic carbocycles. The first kappa shape index (κ1) is 14.9. The van der Waals surface area contributed by atoms with E-state index in [1.807, 2.05) is 0 Å². The number of carboxylic acid groups (broad SMARTS) is 2. The SMILES string of the molecule is C=C(CC)C(=O)O.CC=C(C)C(=O)O. The molecular weight excluding hydrogens is 184 g/mol. The minimum atomic E-state index is -0.900. The number of rotatable bonds is 3. The highest BCUT2D eigenvalue weighted by molar-refractivity contribution is 5.85. The molecule has 0 heterocycles. The molecule has 2 N–H and O–H groups in total. The Morgan fingerprint density at radius 3 is 1.71 bits per heavy atom. The summed E-state index contributed by atoms with van der Waals surface area (Å²) in [5, 5.41) is 16.2. The van der Waals surface area contributed by atoms with Gasteiger partial charge in [-0.15, -0.1) is 0 Å². The van der Waals surface area contributed by atoms with Crippen LogP contribution in [0.2, 0.25) is 0 Å². The van der Waals surface area contributed by atoms with E-state index in [1.165, 1.54) is 0 Å². The molecule has 0 unspecified atom stereocenters. The second-order valence-electron chi connectivity index (χ2n) is 2.54. The summed E-state index contributed by atoms with van der Waals surface area (Å²) in [6.45, 7) is 8.29. The lowest BCUT2D eigenvalue weighted by atomic mass is 10.2. The highest BCUT2D eigenvalue weighted by atomic mass is 16.4. The number of hydrogen-bond donors (Lipinski definition) is 2. The maximum absolute atomic E-state index is 9.86. The van der Waals surface area contributed by atoms with Crippen molar-refractivity contribution in [3.05, 3.63) is 23.8 Å². The van der Waals surface area contributed by atoms with Gasteiger partial charge >= 0.3 is 11.9 Å². The molecule has 80 valence electrons. The van der Waals surface area contributed by atoms with E-state index in [0.29, 0.717) is 12.0 Å². The average molecular weight is 200 g/mol. The van der Waals surface area contributed by atoms with Crippen LogP contribution in [0.5, 0.6) is 0 Å². The lowest BCUT2D eigenvalue weighted by Crippen LogP contribution is -1.95. The van der Waals surface area contributed by atoms with Crippen LogP contribution in [0.25, 0.3) is 0 Å². The summed E-state index contributed by atoms with van der Waals surface area (Å²) in [7, 11) is 0. The Bertz CT molecular complexity index is 251. The molecule has 0 amide bonds. The van der Waals surface area contributed by atoms with Gasteiger partial charge in [0.15, 0.2) is 0 Å². The summed E-state index contributed by atoms with van der Waals surface area (Å²) in [4.78, 5) is 19.7. The number of carboxylic acids is 2. The van der Waals surface area contributed by atoms with Crippen LogP contribution in [0.3, 0.4) is 0 Å². The van der Waals surface area contributed by atoms with E-state index < -0.39 is 11.9 Å². The fourth-order valence-electron chi connectivity index (χ4n) is 0.275. The van der Waals surface area contributed by atoms with Crippen molar-refractivity contribution in [3.8, 4) is 0 Å². The van der Waals surface area contributed by atoms with Gasteiger partial charge in [0.1, 0.15) is 0 Å². The number of carbonyl (C=O) groups is 2. The largest absolute Gasteiger partial charge is 0.478 e. The molecule has 0 spiro atoms. The minimum Gasteiger partial charge on any atom is -0.478 e. The van der Waals surface area contributed by atoms with Gasteiger partial charge in [0.2, 0.25) is 0 Å². The van der Waals surface area contributed by atoms with Gasteiger partial charge in [-0.1, -0.05) is 19.6 Å². The Labute approximate surface area is 83.6 Å². The molecule has 4 nitrogen and oxygen atoms in total. The van der Waals surface area contributed by atoms with Gasteiger partial charge < -0.3 is 10.2 Å². The molecule has 0 bridgehead atoms. The van der Waals surface area contributed by atoms with Gasteiger partial charge in [0, 0.05) is 11.1 Å². The van der Waals surface area contributed by atoms with Crippen molar-refractivity contribution in [2.45, 2.75) is 27.2 Å². The Morgan fingerprint density at radius 2 is 1.71 bits per heavy atom. The van der Waals surface area contributed by atoms with Gasteiger partial charge in [-0.05, 0) is 20.3 Å². The summed E-state index contributed by atoms with van der Waals surface area (Å²) < 4.78 is 0. The summed E-state index contributed by atoms with van der Waals surface area (Å²) >= 11 is 0. The van der Waals surface area contributed by atoms with Crippen molar-refractivity contribution in [2.24, 2.45) is 0 Å². The first-order chi connectivity index (χ1) is 6.36. The normalized spacial score (nSPS) is 9.79. The van der Waals surface area contributed by atoms with Crippen LogP contribution < -0.4 is 0 Å². The highest BCUT2D eigenvalue weighted by Crippen LogP contribution is 1.93. The molecule has 4 heteroatoms. The van der Waals surface area contributed by atoms with Gasteiger partial charge in [-0.25, -0.2) is 9.59 Å². The van der Waals surface area contributed by atoms with Gasteiger partial charge in [0.25, 0.3) is 0 Å². The minimum absolute atomic E-state index is 0.264. The van der Waals surface area contributed by atoms with Crippen LogP contribution in [-0.2, 0) is 9.59 Å². The van der Waals surface area contributed by atoms with E-state index in [2.05, 4.69) is 6.58 Å². The summed E-state index contributed by atoms with van der Waals surface area (Å²) in [5.41, 5.74) is 0.653. The molecule has 0 aliphatic heterocycles. The topological polar surface area (TPSA) is 74.6 Å². The Hall–Kier alpha value is -1.58. The van der Waals surface area contributed by atoms with Crippen LogP contribution in [-0.4, -0.2) is 22.2 Å². The maximum atomic E-state index is 9.86. The van der Waals surface area contributed by atoms with Crippen LogP contribution in [0.15, 0.2) is 23.8 Å². The van der Waals surface area contributed by atoms with Crippen molar-refractivity contribution in [3.63, 3.8) is 0 Å². The van der Waals surface area contributed by atoms with E-state index in [9.17, 15) is 9.59 Å². The Balaban J connectivity index is 0. The smallest absolute Gasteiger partial charge is 0.330 e. The summed E-state index contributed by atoms with van der Waals surface area (Å²) in [6, 6.07) is 0. The molecule has 0 aromatic heterocycles. The highest BCUT2D eigenvalue weighted by Gasteiger charge is 1.96. The van der Waals surface area contributed by atoms with Crippen LogP contribution in [0, 0.1) is 0 Å². The predicted molar refractivity (Wildman–Crippen MR) is 54.1 cm³/mol. The van der Waals surface area contributed by atoms with Crippen LogP contribution in [0.4, 0.5) is 0 Å². The predicted octanol–water partition coefficient (Wildman–Crippen LogP) is 2.07. The average Bonchev–Trinajstić information content (AvgIpc) is 2.15. The van der Waals surface area contributed by atoms with E-state index in [-0.39, 0.29) is 5.57 Å². The second-order valence-corrected chi connectivity index (χ2v) is 2.54. The second kappa shape index (κ2) is 8.04. The van der Waals surface area contributed by atoms with Crippen LogP contribution in [0.1, 0.15) is 27.2 Å². The van der Waals surface area contributed by atoms with Crippen molar-refractivity contribution in [1.29, 1.82) is 0 Å². The quantitative estimate of drug-likeness (QED) is 0.684.